The lowest BCUT2D eigenvalue weighted by molar-refractivity contribution is 0.0478. The Labute approximate surface area is 112 Å². The summed E-state index contributed by atoms with van der Waals surface area (Å²) >= 11 is 5.96. The molecule has 102 valence electrons. The van der Waals surface area contributed by atoms with Crippen molar-refractivity contribution < 1.29 is 14.2 Å². The van der Waals surface area contributed by atoms with Crippen molar-refractivity contribution in [2.45, 2.75) is 13.0 Å². The first kappa shape index (κ1) is 15.2. The molecule has 0 radical (unpaired) electrons. The minimum Gasteiger partial charge on any atom is -0.384 e. The van der Waals surface area contributed by atoms with Gasteiger partial charge in [-0.3, -0.25) is 0 Å². The Balaban J connectivity index is 2.09. The van der Waals surface area contributed by atoms with Crippen LogP contribution in [0.3, 0.4) is 0 Å². The Bertz CT molecular complexity index is 350. The smallest absolute Gasteiger partial charge is 0.123 e. The molecule has 1 aromatic heterocycles. The zero-order chi connectivity index (χ0) is 13.2. The lowest BCUT2D eigenvalue weighted by Crippen LogP contribution is -2.06. The molecule has 1 heterocycles. The Morgan fingerprint density at radius 3 is 2.72 bits per heavy atom. The summed E-state index contributed by atoms with van der Waals surface area (Å²) in [6, 6.07) is 3.38. The predicted molar refractivity (Wildman–Crippen MR) is 70.6 cm³/mol. The first-order valence-corrected chi connectivity index (χ1v) is 6.17. The molecule has 2 N–H and O–H groups in total. The topological polar surface area (TPSA) is 66.6 Å². The quantitative estimate of drug-likeness (QED) is 0.697. The zero-order valence-electron chi connectivity index (χ0n) is 10.5. The fraction of sp³-hybridized carbons (Fsp3) is 0.583. The van der Waals surface area contributed by atoms with Gasteiger partial charge in [0.2, 0.25) is 0 Å². The number of aromatic nitrogens is 1. The van der Waals surface area contributed by atoms with E-state index < -0.39 is 0 Å². The SMILES string of the molecule is COCCOCCCOCc1nc(N)ccc1Cl. The normalized spacial score (nSPS) is 10.8. The molecule has 0 aliphatic rings. The van der Waals surface area contributed by atoms with Crippen LogP contribution in [0.15, 0.2) is 12.1 Å². The minimum atomic E-state index is 0.363. The summed E-state index contributed by atoms with van der Waals surface area (Å²) in [5, 5.41) is 0.570. The molecule has 0 saturated heterocycles. The van der Waals surface area contributed by atoms with Crippen LogP contribution in [0.5, 0.6) is 0 Å². The number of halogens is 1. The summed E-state index contributed by atoms with van der Waals surface area (Å²) in [5.41, 5.74) is 6.23. The lowest BCUT2D eigenvalue weighted by Gasteiger charge is -2.06. The molecular weight excluding hydrogens is 256 g/mol. The van der Waals surface area contributed by atoms with Crippen LogP contribution < -0.4 is 5.73 Å². The summed E-state index contributed by atoms with van der Waals surface area (Å²) in [6.07, 6.45) is 0.823. The summed E-state index contributed by atoms with van der Waals surface area (Å²) in [6.45, 7) is 2.84. The number of pyridine rings is 1. The highest BCUT2D eigenvalue weighted by Crippen LogP contribution is 2.15. The third-order valence-electron chi connectivity index (χ3n) is 2.19. The predicted octanol–water partition coefficient (Wildman–Crippen LogP) is 1.89. The summed E-state index contributed by atoms with van der Waals surface area (Å²) in [4.78, 5) is 4.10. The summed E-state index contributed by atoms with van der Waals surface area (Å²) in [5.74, 6) is 0.445. The van der Waals surface area contributed by atoms with E-state index in [1.165, 1.54) is 0 Å². The van der Waals surface area contributed by atoms with Gasteiger partial charge in [-0.1, -0.05) is 11.6 Å². The molecule has 18 heavy (non-hydrogen) atoms. The van der Waals surface area contributed by atoms with Crippen molar-refractivity contribution in [1.82, 2.24) is 4.98 Å². The molecule has 1 rings (SSSR count). The van der Waals surface area contributed by atoms with Gasteiger partial charge in [-0.15, -0.1) is 0 Å². The van der Waals surface area contributed by atoms with Gasteiger partial charge < -0.3 is 19.9 Å². The van der Waals surface area contributed by atoms with Gasteiger partial charge in [0.15, 0.2) is 0 Å². The Morgan fingerprint density at radius 2 is 1.94 bits per heavy atom. The van der Waals surface area contributed by atoms with Crippen molar-refractivity contribution in [3.8, 4) is 0 Å². The van der Waals surface area contributed by atoms with Gasteiger partial charge in [-0.25, -0.2) is 4.98 Å². The van der Waals surface area contributed by atoms with Crippen molar-refractivity contribution in [3.05, 3.63) is 22.8 Å². The van der Waals surface area contributed by atoms with Gasteiger partial charge in [0, 0.05) is 20.3 Å². The maximum Gasteiger partial charge on any atom is 0.123 e. The molecule has 0 spiro atoms. The van der Waals surface area contributed by atoms with E-state index >= 15 is 0 Å². The van der Waals surface area contributed by atoms with Gasteiger partial charge in [-0.05, 0) is 18.6 Å². The second-order valence-corrected chi connectivity index (χ2v) is 4.08. The second kappa shape index (κ2) is 9.10. The van der Waals surface area contributed by atoms with E-state index in [1.807, 2.05) is 0 Å². The van der Waals surface area contributed by atoms with E-state index in [1.54, 1.807) is 19.2 Å². The summed E-state index contributed by atoms with van der Waals surface area (Å²) < 4.78 is 15.6. The molecule has 5 nitrogen and oxygen atoms in total. The number of nitrogens with two attached hydrogens (primary N) is 1. The standard InChI is InChI=1S/C12H19ClN2O3/c1-16-7-8-17-5-2-6-18-9-11-10(13)3-4-12(14)15-11/h3-4H,2,5-9H2,1H3,(H2,14,15). The molecule has 0 aliphatic carbocycles. The van der Waals surface area contributed by atoms with E-state index in [0.717, 1.165) is 6.42 Å². The van der Waals surface area contributed by atoms with Crippen molar-refractivity contribution in [2.24, 2.45) is 0 Å². The molecule has 1 aromatic rings. The molecular formula is C12H19ClN2O3. The average molecular weight is 275 g/mol. The molecule has 0 aliphatic heterocycles. The van der Waals surface area contributed by atoms with Crippen LogP contribution in [0.25, 0.3) is 0 Å². The highest BCUT2D eigenvalue weighted by molar-refractivity contribution is 6.31. The van der Waals surface area contributed by atoms with Crippen molar-refractivity contribution >= 4 is 17.4 Å². The van der Waals surface area contributed by atoms with Crippen molar-refractivity contribution in [1.29, 1.82) is 0 Å². The number of hydrogen-bond donors (Lipinski definition) is 1. The van der Waals surface area contributed by atoms with Crippen LogP contribution in [0.1, 0.15) is 12.1 Å². The molecule has 0 amide bonds. The van der Waals surface area contributed by atoms with Crippen molar-refractivity contribution in [3.63, 3.8) is 0 Å². The molecule has 0 unspecified atom stereocenters. The van der Waals surface area contributed by atoms with Crippen LogP contribution >= 0.6 is 11.6 Å². The van der Waals surface area contributed by atoms with Crippen LogP contribution in [0, 0.1) is 0 Å². The highest BCUT2D eigenvalue weighted by Gasteiger charge is 2.02. The Morgan fingerprint density at radius 1 is 1.17 bits per heavy atom. The fourth-order valence-electron chi connectivity index (χ4n) is 1.28. The number of ether oxygens (including phenoxy) is 3. The van der Waals surface area contributed by atoms with Gasteiger partial charge in [0.25, 0.3) is 0 Å². The first-order valence-electron chi connectivity index (χ1n) is 5.79. The van der Waals surface area contributed by atoms with E-state index in [0.29, 0.717) is 49.6 Å². The number of nitrogens with zero attached hydrogens (tertiary/aromatic N) is 1. The van der Waals surface area contributed by atoms with Crippen LogP contribution in [-0.2, 0) is 20.8 Å². The van der Waals surface area contributed by atoms with Crippen LogP contribution in [0.4, 0.5) is 5.82 Å². The highest BCUT2D eigenvalue weighted by atomic mass is 35.5. The van der Waals surface area contributed by atoms with Gasteiger partial charge in [-0.2, -0.15) is 0 Å². The second-order valence-electron chi connectivity index (χ2n) is 3.68. The number of rotatable bonds is 9. The van der Waals surface area contributed by atoms with E-state index in [9.17, 15) is 0 Å². The molecule has 0 aromatic carbocycles. The zero-order valence-corrected chi connectivity index (χ0v) is 11.3. The first-order chi connectivity index (χ1) is 8.74. The van der Waals surface area contributed by atoms with Gasteiger partial charge in [0.05, 0.1) is 30.5 Å². The number of methoxy groups -OCH3 is 1. The maximum atomic E-state index is 5.96. The third-order valence-corrected chi connectivity index (χ3v) is 2.53. The van der Waals surface area contributed by atoms with Crippen LogP contribution in [0.2, 0.25) is 5.02 Å². The monoisotopic (exact) mass is 274 g/mol. The largest absolute Gasteiger partial charge is 0.384 e. The number of nitrogen functional groups attached to an aromatic ring is 1. The maximum absolute atomic E-state index is 5.96. The molecule has 0 saturated carbocycles. The molecule has 0 bridgehead atoms. The molecule has 0 fully saturated rings. The average Bonchev–Trinajstić information content (AvgIpc) is 2.36. The van der Waals surface area contributed by atoms with Crippen molar-refractivity contribution in [2.75, 3.05) is 39.3 Å². The van der Waals surface area contributed by atoms with E-state index in [4.69, 9.17) is 31.5 Å². The number of hydrogen-bond acceptors (Lipinski definition) is 5. The third kappa shape index (κ3) is 6.16. The fourth-order valence-corrected chi connectivity index (χ4v) is 1.44. The Hall–Kier alpha value is -0.880. The Kier molecular flexibility index (Phi) is 7.68. The summed E-state index contributed by atoms with van der Waals surface area (Å²) in [7, 11) is 1.65. The van der Waals surface area contributed by atoms with Gasteiger partial charge in [0.1, 0.15) is 5.82 Å². The molecule has 0 atom stereocenters. The lowest BCUT2D eigenvalue weighted by atomic mass is 10.3. The van der Waals surface area contributed by atoms with Crippen LogP contribution in [-0.4, -0.2) is 38.5 Å². The molecule has 6 heteroatoms. The number of anilines is 1. The minimum absolute atomic E-state index is 0.363. The van der Waals surface area contributed by atoms with E-state index in [-0.39, 0.29) is 0 Å². The van der Waals surface area contributed by atoms with E-state index in [2.05, 4.69) is 4.98 Å². The van der Waals surface area contributed by atoms with Gasteiger partial charge >= 0.3 is 0 Å².